The minimum absolute atomic E-state index is 0.171. The molecule has 0 fully saturated rings. The summed E-state index contributed by atoms with van der Waals surface area (Å²) < 4.78 is 4.67. The van der Waals surface area contributed by atoms with Crippen molar-refractivity contribution >= 4 is 29.4 Å². The fraction of sp³-hybridized carbons (Fsp3) is 0.105. The quantitative estimate of drug-likeness (QED) is 0.644. The normalized spacial score (nSPS) is 15.6. The van der Waals surface area contributed by atoms with Gasteiger partial charge in [-0.3, -0.25) is 4.79 Å². The van der Waals surface area contributed by atoms with E-state index < -0.39 is 0 Å². The first-order chi connectivity index (χ1) is 11.6. The lowest BCUT2D eigenvalue weighted by molar-refractivity contribution is -0.114. The first-order valence-electron chi connectivity index (χ1n) is 7.45. The first-order valence-corrected chi connectivity index (χ1v) is 7.45. The second kappa shape index (κ2) is 6.50. The zero-order chi connectivity index (χ0) is 17.1. The van der Waals surface area contributed by atoms with Crippen LogP contribution in [0.4, 0.5) is 5.69 Å². The SMILES string of the molecule is COC(=O)c1ccc(/C=C2/C(=O)N(c3ccccc3)N=C2C)cc1. The van der Waals surface area contributed by atoms with Crippen molar-refractivity contribution in [3.8, 4) is 0 Å². The first kappa shape index (κ1) is 15.7. The molecule has 5 nitrogen and oxygen atoms in total. The Bertz CT molecular complexity index is 837. The van der Waals surface area contributed by atoms with Gasteiger partial charge in [0.15, 0.2) is 0 Å². The maximum atomic E-state index is 12.6. The fourth-order valence-electron chi connectivity index (χ4n) is 2.43. The third-order valence-electron chi connectivity index (χ3n) is 3.71. The van der Waals surface area contributed by atoms with Crippen molar-refractivity contribution in [1.29, 1.82) is 0 Å². The number of rotatable bonds is 3. The van der Waals surface area contributed by atoms with E-state index in [4.69, 9.17) is 0 Å². The number of nitrogens with zero attached hydrogens (tertiary/aromatic N) is 2. The lowest BCUT2D eigenvalue weighted by atomic mass is 10.1. The number of amides is 1. The molecule has 0 saturated carbocycles. The third-order valence-corrected chi connectivity index (χ3v) is 3.71. The summed E-state index contributed by atoms with van der Waals surface area (Å²) >= 11 is 0. The van der Waals surface area contributed by atoms with E-state index in [1.807, 2.05) is 30.3 Å². The molecule has 0 saturated heterocycles. The highest BCUT2D eigenvalue weighted by molar-refractivity contribution is 6.32. The minimum Gasteiger partial charge on any atom is -0.465 e. The number of hydrazone groups is 1. The Hall–Kier alpha value is -3.21. The standard InChI is InChI=1S/C19H16N2O3/c1-13-17(12-14-8-10-15(11-9-14)19(23)24-2)18(22)21(20-13)16-6-4-3-5-7-16/h3-12H,1-2H3/b17-12+. The molecule has 0 aliphatic carbocycles. The zero-order valence-corrected chi connectivity index (χ0v) is 13.4. The lowest BCUT2D eigenvalue weighted by Crippen LogP contribution is -2.21. The number of para-hydroxylation sites is 1. The number of ether oxygens (including phenoxy) is 1. The second-order valence-electron chi connectivity index (χ2n) is 5.31. The van der Waals surface area contributed by atoms with Gasteiger partial charge >= 0.3 is 5.97 Å². The molecule has 5 heteroatoms. The van der Waals surface area contributed by atoms with Crippen molar-refractivity contribution < 1.29 is 14.3 Å². The Morgan fingerprint density at radius 1 is 1.08 bits per heavy atom. The monoisotopic (exact) mass is 320 g/mol. The van der Waals surface area contributed by atoms with E-state index in [0.29, 0.717) is 16.8 Å². The van der Waals surface area contributed by atoms with E-state index >= 15 is 0 Å². The summed E-state index contributed by atoms with van der Waals surface area (Å²) in [5, 5.41) is 5.73. The molecule has 1 heterocycles. The van der Waals surface area contributed by atoms with Crippen LogP contribution in [0.25, 0.3) is 6.08 Å². The largest absolute Gasteiger partial charge is 0.465 e. The van der Waals surface area contributed by atoms with Crippen molar-refractivity contribution in [2.45, 2.75) is 6.92 Å². The Morgan fingerprint density at radius 3 is 2.38 bits per heavy atom. The minimum atomic E-state index is -0.390. The molecule has 24 heavy (non-hydrogen) atoms. The van der Waals surface area contributed by atoms with Gasteiger partial charge in [-0.2, -0.15) is 10.1 Å². The molecule has 3 rings (SSSR count). The van der Waals surface area contributed by atoms with Crippen LogP contribution in [-0.2, 0) is 9.53 Å². The van der Waals surface area contributed by atoms with Crippen LogP contribution in [0.1, 0.15) is 22.8 Å². The van der Waals surface area contributed by atoms with Gasteiger partial charge in [-0.1, -0.05) is 30.3 Å². The van der Waals surface area contributed by atoms with Crippen molar-refractivity contribution in [2.75, 3.05) is 12.1 Å². The molecule has 0 spiro atoms. The maximum absolute atomic E-state index is 12.6. The van der Waals surface area contributed by atoms with Gasteiger partial charge in [0.2, 0.25) is 0 Å². The molecule has 1 aliphatic rings. The van der Waals surface area contributed by atoms with Crippen LogP contribution in [0, 0.1) is 0 Å². The van der Waals surface area contributed by atoms with Crippen molar-refractivity contribution in [1.82, 2.24) is 0 Å². The van der Waals surface area contributed by atoms with Crippen LogP contribution >= 0.6 is 0 Å². The summed E-state index contributed by atoms with van der Waals surface area (Å²) in [4.78, 5) is 24.1. The Labute approximate surface area is 139 Å². The molecular weight excluding hydrogens is 304 g/mol. The lowest BCUT2D eigenvalue weighted by Gasteiger charge is -2.11. The van der Waals surface area contributed by atoms with E-state index in [9.17, 15) is 9.59 Å². The van der Waals surface area contributed by atoms with Gasteiger partial charge < -0.3 is 4.74 Å². The van der Waals surface area contributed by atoms with Crippen LogP contribution in [0.3, 0.4) is 0 Å². The Morgan fingerprint density at radius 2 is 1.75 bits per heavy atom. The number of carbonyl (C=O) groups excluding carboxylic acids is 2. The van der Waals surface area contributed by atoms with E-state index in [1.165, 1.54) is 12.1 Å². The summed E-state index contributed by atoms with van der Waals surface area (Å²) in [7, 11) is 1.34. The average Bonchev–Trinajstić information content (AvgIpc) is 2.90. The molecule has 0 atom stereocenters. The second-order valence-corrected chi connectivity index (χ2v) is 5.31. The van der Waals surface area contributed by atoms with Gasteiger partial charge in [-0.25, -0.2) is 4.79 Å². The molecule has 2 aromatic carbocycles. The van der Waals surface area contributed by atoms with Gasteiger partial charge in [-0.15, -0.1) is 0 Å². The molecule has 0 unspecified atom stereocenters. The third kappa shape index (κ3) is 2.96. The van der Waals surface area contributed by atoms with Crippen LogP contribution < -0.4 is 5.01 Å². The zero-order valence-electron chi connectivity index (χ0n) is 13.4. The number of hydrogen-bond acceptors (Lipinski definition) is 4. The van der Waals surface area contributed by atoms with Gasteiger partial charge in [0.1, 0.15) is 0 Å². The van der Waals surface area contributed by atoms with Crippen LogP contribution in [0.5, 0.6) is 0 Å². The molecule has 0 aromatic heterocycles. The summed E-state index contributed by atoms with van der Waals surface area (Å²) in [5.41, 5.74) is 3.20. The molecule has 2 aromatic rings. The van der Waals surface area contributed by atoms with E-state index in [1.54, 1.807) is 37.3 Å². The maximum Gasteiger partial charge on any atom is 0.337 e. The summed E-state index contributed by atoms with van der Waals surface area (Å²) in [6.45, 7) is 1.80. The summed E-state index contributed by atoms with van der Waals surface area (Å²) in [5.74, 6) is -0.560. The van der Waals surface area contributed by atoms with E-state index in [-0.39, 0.29) is 11.9 Å². The summed E-state index contributed by atoms with van der Waals surface area (Å²) in [6.07, 6.45) is 1.77. The number of methoxy groups -OCH3 is 1. The van der Waals surface area contributed by atoms with Crippen molar-refractivity contribution in [3.63, 3.8) is 0 Å². The van der Waals surface area contributed by atoms with Crippen molar-refractivity contribution in [3.05, 3.63) is 71.3 Å². The fourth-order valence-corrected chi connectivity index (χ4v) is 2.43. The van der Waals surface area contributed by atoms with E-state index in [0.717, 1.165) is 11.3 Å². The number of benzene rings is 2. The van der Waals surface area contributed by atoms with Crippen LogP contribution in [0.2, 0.25) is 0 Å². The molecular formula is C19H16N2O3. The van der Waals surface area contributed by atoms with Crippen molar-refractivity contribution in [2.24, 2.45) is 5.10 Å². The molecule has 0 bridgehead atoms. The molecule has 0 radical (unpaired) electrons. The highest BCUT2D eigenvalue weighted by Gasteiger charge is 2.28. The molecule has 120 valence electrons. The topological polar surface area (TPSA) is 59.0 Å². The number of anilines is 1. The molecule has 0 N–H and O–H groups in total. The number of esters is 1. The van der Waals surface area contributed by atoms with Gasteiger partial charge in [-0.05, 0) is 42.8 Å². The predicted molar refractivity (Wildman–Crippen MR) is 92.8 cm³/mol. The van der Waals surface area contributed by atoms with Crippen LogP contribution in [-0.4, -0.2) is 24.7 Å². The number of hydrogen-bond donors (Lipinski definition) is 0. The smallest absolute Gasteiger partial charge is 0.337 e. The van der Waals surface area contributed by atoms with Gasteiger partial charge in [0.05, 0.1) is 29.6 Å². The average molecular weight is 320 g/mol. The Balaban J connectivity index is 1.87. The highest BCUT2D eigenvalue weighted by Crippen LogP contribution is 2.24. The predicted octanol–water partition coefficient (Wildman–Crippen LogP) is 3.28. The van der Waals surface area contributed by atoms with Gasteiger partial charge in [0, 0.05) is 0 Å². The highest BCUT2D eigenvalue weighted by atomic mass is 16.5. The summed E-state index contributed by atoms with van der Waals surface area (Å²) in [6, 6.07) is 16.2. The molecule has 1 aliphatic heterocycles. The number of carbonyl (C=O) groups is 2. The Kier molecular flexibility index (Phi) is 4.24. The van der Waals surface area contributed by atoms with E-state index in [2.05, 4.69) is 9.84 Å². The van der Waals surface area contributed by atoms with Crippen LogP contribution in [0.15, 0.2) is 65.3 Å². The molecule has 1 amide bonds. The van der Waals surface area contributed by atoms with Gasteiger partial charge in [0.25, 0.3) is 5.91 Å².